The smallest absolute Gasteiger partial charge is 0.135 e. The van der Waals surface area contributed by atoms with Gasteiger partial charge < -0.3 is 10.1 Å². The Morgan fingerprint density at radius 2 is 1.52 bits per heavy atom. The Morgan fingerprint density at radius 1 is 0.950 bits per heavy atom. The van der Waals surface area contributed by atoms with E-state index in [9.17, 15) is 0 Å². The Hall–Kier alpha value is -3.26. The van der Waals surface area contributed by atoms with Gasteiger partial charge in [0.15, 0.2) is 0 Å². The van der Waals surface area contributed by atoms with E-state index in [1.165, 1.54) is 46.4 Å². The van der Waals surface area contributed by atoms with Crippen LogP contribution in [-0.4, -0.2) is 6.04 Å². The highest BCUT2D eigenvalue weighted by atomic mass is 16.5. The van der Waals surface area contributed by atoms with E-state index in [-0.39, 0.29) is 6.04 Å². The van der Waals surface area contributed by atoms with Crippen molar-refractivity contribution in [3.63, 3.8) is 0 Å². The van der Waals surface area contributed by atoms with E-state index in [0.717, 1.165) is 28.1 Å². The minimum Gasteiger partial charge on any atom is -0.456 e. The number of nitrogens with one attached hydrogen (secondary N) is 1. The topological polar surface area (TPSA) is 21.3 Å². The molecule has 1 aromatic rings. The molecule has 0 bridgehead atoms. The molecule has 2 heteroatoms. The molecule has 218 valence electrons. The Labute approximate surface area is 246 Å². The minimum absolute atomic E-state index is 0.0553. The normalized spacial score (nSPS) is 18.4. The number of hydrogen-bond acceptors (Lipinski definition) is 2. The van der Waals surface area contributed by atoms with E-state index in [0.29, 0.717) is 0 Å². The molecule has 3 aliphatic rings. The van der Waals surface area contributed by atoms with Gasteiger partial charge in [-0.15, -0.1) is 0 Å². The first-order valence-electron chi connectivity index (χ1n) is 15.1. The second kappa shape index (κ2) is 16.8. The lowest BCUT2D eigenvalue weighted by atomic mass is 9.84. The van der Waals surface area contributed by atoms with Gasteiger partial charge in [0.25, 0.3) is 0 Å². The van der Waals surface area contributed by atoms with Crippen LogP contribution < -0.4 is 10.1 Å². The molecule has 1 atom stereocenters. The summed E-state index contributed by atoms with van der Waals surface area (Å²) in [7, 11) is 0. The zero-order valence-corrected chi connectivity index (χ0v) is 27.5. The maximum Gasteiger partial charge on any atom is 0.135 e. The lowest BCUT2D eigenvalue weighted by Gasteiger charge is -2.30. The summed E-state index contributed by atoms with van der Waals surface area (Å²) in [6, 6.07) is 8.30. The van der Waals surface area contributed by atoms with E-state index in [2.05, 4.69) is 116 Å². The molecule has 2 nitrogen and oxygen atoms in total. The molecule has 1 heterocycles. The second-order valence-corrected chi connectivity index (χ2v) is 10.7. The number of hydrogen-bond donors (Lipinski definition) is 1. The molecule has 0 amide bonds. The average Bonchev–Trinajstić information content (AvgIpc) is 3.68. The fraction of sp³-hybridized carbons (Fsp3) is 0.421. The first-order chi connectivity index (χ1) is 19.1. The first kappa shape index (κ1) is 34.8. The summed E-state index contributed by atoms with van der Waals surface area (Å²) >= 11 is 0. The van der Waals surface area contributed by atoms with Crippen LogP contribution >= 0.6 is 0 Å². The summed E-state index contributed by atoms with van der Waals surface area (Å²) in [6.45, 7) is 29.2. The van der Waals surface area contributed by atoms with Crippen LogP contribution in [0.3, 0.4) is 0 Å². The lowest BCUT2D eigenvalue weighted by Crippen LogP contribution is -2.29. The molecule has 1 aliphatic heterocycles. The summed E-state index contributed by atoms with van der Waals surface area (Å²) in [4.78, 5) is 0. The quantitative estimate of drug-likeness (QED) is 0.362. The van der Waals surface area contributed by atoms with Gasteiger partial charge in [-0.2, -0.15) is 0 Å². The fourth-order valence-corrected chi connectivity index (χ4v) is 4.19. The van der Waals surface area contributed by atoms with E-state index in [1.54, 1.807) is 0 Å². The Bertz CT molecular complexity index is 1210. The van der Waals surface area contributed by atoms with E-state index in [4.69, 9.17) is 4.74 Å². The van der Waals surface area contributed by atoms with Crippen molar-refractivity contribution < 1.29 is 4.74 Å². The Morgan fingerprint density at radius 3 is 2.02 bits per heavy atom. The van der Waals surface area contributed by atoms with Gasteiger partial charge in [-0.3, -0.25) is 0 Å². The van der Waals surface area contributed by atoms with Crippen LogP contribution in [0.4, 0.5) is 0 Å². The third-order valence-corrected chi connectivity index (χ3v) is 7.01. The van der Waals surface area contributed by atoms with Crippen molar-refractivity contribution in [3.8, 4) is 5.75 Å². The van der Waals surface area contributed by atoms with Crippen molar-refractivity contribution in [2.75, 3.05) is 0 Å². The summed E-state index contributed by atoms with van der Waals surface area (Å²) in [5.41, 5.74) is 10.2. The number of ether oxygens (including phenoxy) is 1. The van der Waals surface area contributed by atoms with Gasteiger partial charge in [-0.25, -0.2) is 0 Å². The Kier molecular flexibility index (Phi) is 14.6. The lowest BCUT2D eigenvalue weighted by molar-refractivity contribution is 0.426. The van der Waals surface area contributed by atoms with Crippen molar-refractivity contribution in [3.05, 3.63) is 118 Å². The largest absolute Gasteiger partial charge is 0.456 e. The molecule has 1 aromatic carbocycles. The molecule has 0 radical (unpaired) electrons. The van der Waals surface area contributed by atoms with Crippen molar-refractivity contribution in [2.45, 2.75) is 102 Å². The average molecular weight is 542 g/mol. The first-order valence-corrected chi connectivity index (χ1v) is 15.1. The van der Waals surface area contributed by atoms with Crippen LogP contribution in [0.25, 0.3) is 5.57 Å². The number of para-hydroxylation sites is 1. The molecular weight excluding hydrogens is 486 g/mol. The standard InChI is InChI=1S/C29H33NO.C5H10.2C2H6/c1-8-13-23(20(6)9-2)28-24-14-11-12-15-26(24)31-27-18-22(16-17-25(27)28)30-29(19(4)5)21(7)10-3;1-5(2)3-4-5;2*1-2/h8-18,22,30H,1H2,2-7H3;3-4H2,1-2H3;2*1-2H3/b20-9-,21-10-,23-13+;;;. The number of allylic oxidation sites excluding steroid dienone is 10. The highest BCUT2D eigenvalue weighted by molar-refractivity contribution is 5.93. The maximum atomic E-state index is 6.38. The maximum absolute atomic E-state index is 6.38. The summed E-state index contributed by atoms with van der Waals surface area (Å²) in [5, 5.41) is 3.67. The molecule has 1 saturated carbocycles. The zero-order valence-electron chi connectivity index (χ0n) is 27.5. The van der Waals surface area contributed by atoms with E-state index >= 15 is 0 Å². The molecule has 0 spiro atoms. The SMILES string of the molecule is C=C/C=C(C1=C2C=CC(NC(=C(C)C)/C(C)=C\C)C=C2Oc2ccccc21)\C(C)=C/C.CC.CC.CC1(C)CC1. The minimum atomic E-state index is 0.0553. The van der Waals surface area contributed by atoms with Crippen LogP contribution in [-0.2, 0) is 0 Å². The predicted molar refractivity (Wildman–Crippen MR) is 179 cm³/mol. The molecule has 0 saturated heterocycles. The van der Waals surface area contributed by atoms with Gasteiger partial charge in [0, 0.05) is 22.4 Å². The predicted octanol–water partition coefficient (Wildman–Crippen LogP) is 11.4. The molecule has 4 rings (SSSR count). The number of rotatable bonds is 6. The molecule has 0 aromatic heterocycles. The van der Waals surface area contributed by atoms with Gasteiger partial charge in [-0.1, -0.05) is 108 Å². The van der Waals surface area contributed by atoms with E-state index < -0.39 is 0 Å². The van der Waals surface area contributed by atoms with Gasteiger partial charge in [0.1, 0.15) is 11.5 Å². The van der Waals surface area contributed by atoms with Crippen LogP contribution in [0.15, 0.2) is 113 Å². The highest BCUT2D eigenvalue weighted by Crippen LogP contribution is 2.45. The van der Waals surface area contributed by atoms with Crippen molar-refractivity contribution in [1.29, 1.82) is 0 Å². The fourth-order valence-electron chi connectivity index (χ4n) is 4.19. The second-order valence-electron chi connectivity index (χ2n) is 10.7. The number of benzene rings is 1. The van der Waals surface area contributed by atoms with Gasteiger partial charge in [0.2, 0.25) is 0 Å². The zero-order chi connectivity index (χ0) is 30.5. The monoisotopic (exact) mass is 541 g/mol. The summed E-state index contributed by atoms with van der Waals surface area (Å²) in [5.74, 6) is 1.77. The third-order valence-electron chi connectivity index (χ3n) is 7.01. The van der Waals surface area contributed by atoms with Crippen molar-refractivity contribution in [2.24, 2.45) is 5.41 Å². The van der Waals surface area contributed by atoms with Crippen molar-refractivity contribution in [1.82, 2.24) is 5.32 Å². The molecule has 1 N–H and O–H groups in total. The van der Waals surface area contributed by atoms with Gasteiger partial charge >= 0.3 is 0 Å². The number of fused-ring (bicyclic) bond motifs is 2. The van der Waals surface area contributed by atoms with Crippen LogP contribution in [0.5, 0.6) is 5.75 Å². The van der Waals surface area contributed by atoms with Crippen LogP contribution in [0.2, 0.25) is 0 Å². The molecule has 1 unspecified atom stereocenters. The van der Waals surface area contributed by atoms with Gasteiger partial charge in [-0.05, 0) is 88.7 Å². The molecule has 2 aliphatic carbocycles. The third kappa shape index (κ3) is 9.44. The van der Waals surface area contributed by atoms with Gasteiger partial charge in [0.05, 0.1) is 6.04 Å². The molecule has 40 heavy (non-hydrogen) atoms. The molecular formula is C38H55NO. The summed E-state index contributed by atoms with van der Waals surface area (Å²) in [6.07, 6.45) is 17.7. The van der Waals surface area contributed by atoms with Crippen LogP contribution in [0.1, 0.15) is 101 Å². The Balaban J connectivity index is 0.000000772. The molecule has 1 fully saturated rings. The van der Waals surface area contributed by atoms with Crippen LogP contribution in [0, 0.1) is 5.41 Å². The van der Waals surface area contributed by atoms with E-state index in [1.807, 2.05) is 45.9 Å². The van der Waals surface area contributed by atoms with Crippen molar-refractivity contribution >= 4 is 5.57 Å². The summed E-state index contributed by atoms with van der Waals surface area (Å²) < 4.78 is 6.38. The highest BCUT2D eigenvalue weighted by Gasteiger charge is 2.30.